The van der Waals surface area contributed by atoms with E-state index in [1.807, 2.05) is 0 Å². The van der Waals surface area contributed by atoms with Gasteiger partial charge < -0.3 is 4.98 Å². The van der Waals surface area contributed by atoms with Crippen molar-refractivity contribution < 1.29 is 8.42 Å². The third-order valence-corrected chi connectivity index (χ3v) is 3.24. The predicted octanol–water partition coefficient (Wildman–Crippen LogP) is 0.0620. The van der Waals surface area contributed by atoms with Crippen LogP contribution >= 0.6 is 11.3 Å². The highest BCUT2D eigenvalue weighted by Crippen LogP contribution is 2.13. The number of aromatic nitrogens is 4. The van der Waals surface area contributed by atoms with Crippen molar-refractivity contribution in [2.45, 2.75) is 5.16 Å². The van der Waals surface area contributed by atoms with Crippen LogP contribution in [0.5, 0.6) is 0 Å². The number of aromatic amines is 1. The predicted molar refractivity (Wildman–Crippen MR) is 49.3 cm³/mol. The lowest BCUT2D eigenvalue weighted by molar-refractivity contribution is 0.594. The quantitative estimate of drug-likeness (QED) is 0.778. The number of H-pyrrole nitrogens is 1. The van der Waals surface area contributed by atoms with E-state index in [1.54, 1.807) is 0 Å². The van der Waals surface area contributed by atoms with Crippen molar-refractivity contribution in [1.29, 1.82) is 0 Å². The molecule has 0 radical (unpaired) electrons. The van der Waals surface area contributed by atoms with E-state index in [9.17, 15) is 8.42 Å². The second-order valence-corrected chi connectivity index (χ2v) is 4.67. The minimum atomic E-state index is -3.65. The lowest BCUT2D eigenvalue weighted by atomic mass is 11.0. The first kappa shape index (κ1) is 9.09. The van der Waals surface area contributed by atoms with Gasteiger partial charge in [-0.05, 0) is 0 Å². The van der Waals surface area contributed by atoms with E-state index in [4.69, 9.17) is 0 Å². The second kappa shape index (κ2) is 3.35. The number of imidazole rings is 1. The molecule has 0 saturated heterocycles. The smallest absolute Gasteiger partial charge is 0.297 e. The molecule has 0 spiro atoms. The van der Waals surface area contributed by atoms with Crippen molar-refractivity contribution in [2.75, 3.05) is 4.72 Å². The number of hydrogen-bond donors (Lipinski definition) is 2. The van der Waals surface area contributed by atoms with Gasteiger partial charge in [-0.2, -0.15) is 8.42 Å². The van der Waals surface area contributed by atoms with Gasteiger partial charge >= 0.3 is 0 Å². The molecule has 7 nitrogen and oxygen atoms in total. The molecule has 0 aliphatic carbocycles. The van der Waals surface area contributed by atoms with Crippen LogP contribution in [0.25, 0.3) is 0 Å². The number of sulfonamides is 1. The summed E-state index contributed by atoms with van der Waals surface area (Å²) in [4.78, 5) is 6.10. The fourth-order valence-corrected chi connectivity index (χ4v) is 2.38. The summed E-state index contributed by atoms with van der Waals surface area (Å²) in [6.45, 7) is 0. The van der Waals surface area contributed by atoms with Gasteiger partial charge in [0.2, 0.25) is 10.3 Å². The zero-order valence-corrected chi connectivity index (χ0v) is 8.34. The molecule has 0 fully saturated rings. The monoisotopic (exact) mass is 231 g/mol. The first-order valence-electron chi connectivity index (χ1n) is 3.47. The van der Waals surface area contributed by atoms with Crippen LogP contribution in [0.2, 0.25) is 0 Å². The molecular weight excluding hydrogens is 226 g/mol. The van der Waals surface area contributed by atoms with E-state index in [2.05, 4.69) is 24.9 Å². The van der Waals surface area contributed by atoms with Crippen LogP contribution in [0.15, 0.2) is 23.1 Å². The highest BCUT2D eigenvalue weighted by molar-refractivity contribution is 7.92. The van der Waals surface area contributed by atoms with Crippen molar-refractivity contribution in [3.05, 3.63) is 17.9 Å². The van der Waals surface area contributed by atoms with Crippen molar-refractivity contribution in [3.8, 4) is 0 Å². The Bertz CT molecular complexity index is 488. The van der Waals surface area contributed by atoms with E-state index in [0.29, 0.717) is 0 Å². The molecule has 0 amide bonds. The van der Waals surface area contributed by atoms with Crippen LogP contribution in [0.4, 0.5) is 5.13 Å². The van der Waals surface area contributed by atoms with Crippen molar-refractivity contribution in [3.63, 3.8) is 0 Å². The topological polar surface area (TPSA) is 101 Å². The number of nitrogens with zero attached hydrogens (tertiary/aromatic N) is 3. The van der Waals surface area contributed by atoms with Gasteiger partial charge in [-0.3, -0.25) is 4.72 Å². The van der Waals surface area contributed by atoms with Gasteiger partial charge in [-0.1, -0.05) is 11.3 Å². The van der Waals surface area contributed by atoms with E-state index < -0.39 is 10.0 Å². The van der Waals surface area contributed by atoms with Crippen LogP contribution in [-0.4, -0.2) is 28.6 Å². The maximum Gasteiger partial charge on any atom is 0.297 e. The average molecular weight is 231 g/mol. The SMILES string of the molecule is O=S(=O)(Nc1nncs1)c1ncc[nH]1. The summed E-state index contributed by atoms with van der Waals surface area (Å²) in [6.07, 6.45) is 2.78. The van der Waals surface area contributed by atoms with Crippen LogP contribution < -0.4 is 4.72 Å². The lowest BCUT2D eigenvalue weighted by Gasteiger charge is -1.99. The van der Waals surface area contributed by atoms with Crippen LogP contribution in [-0.2, 0) is 10.0 Å². The molecule has 0 saturated carbocycles. The number of anilines is 1. The molecule has 2 aromatic heterocycles. The van der Waals surface area contributed by atoms with E-state index >= 15 is 0 Å². The summed E-state index contributed by atoms with van der Waals surface area (Å²) in [5.74, 6) is 0. The third kappa shape index (κ3) is 1.72. The Kier molecular flexibility index (Phi) is 2.17. The molecule has 9 heteroatoms. The third-order valence-electron chi connectivity index (χ3n) is 1.31. The molecule has 2 rings (SSSR count). The molecule has 0 bridgehead atoms. The summed E-state index contributed by atoms with van der Waals surface area (Å²) in [6, 6.07) is 0. The Morgan fingerprint density at radius 3 is 2.93 bits per heavy atom. The molecule has 74 valence electrons. The summed E-state index contributed by atoms with van der Waals surface area (Å²) in [5.41, 5.74) is 1.43. The zero-order valence-electron chi connectivity index (χ0n) is 6.71. The molecule has 0 aliphatic rings. The fraction of sp³-hybridized carbons (Fsp3) is 0. The number of hydrogen-bond acceptors (Lipinski definition) is 6. The molecule has 2 N–H and O–H groups in total. The highest BCUT2D eigenvalue weighted by Gasteiger charge is 2.17. The Morgan fingerprint density at radius 2 is 2.36 bits per heavy atom. The highest BCUT2D eigenvalue weighted by atomic mass is 32.2. The number of nitrogens with one attached hydrogen (secondary N) is 2. The second-order valence-electron chi connectivity index (χ2n) is 2.24. The number of rotatable bonds is 3. The summed E-state index contributed by atoms with van der Waals surface area (Å²) >= 11 is 1.09. The maximum absolute atomic E-state index is 11.5. The average Bonchev–Trinajstić information content (AvgIpc) is 2.71. The molecular formula is C5H5N5O2S2. The molecule has 0 aromatic carbocycles. The van der Waals surface area contributed by atoms with E-state index in [-0.39, 0.29) is 10.3 Å². The minimum Gasteiger partial charge on any atom is -0.334 e. The summed E-state index contributed by atoms with van der Waals surface area (Å²) < 4.78 is 25.2. The maximum atomic E-state index is 11.5. The van der Waals surface area contributed by atoms with E-state index in [1.165, 1.54) is 17.9 Å². The molecule has 2 aromatic rings. The van der Waals surface area contributed by atoms with Crippen LogP contribution in [0.1, 0.15) is 0 Å². The van der Waals surface area contributed by atoms with E-state index in [0.717, 1.165) is 11.3 Å². The first-order chi connectivity index (χ1) is 6.68. The Balaban J connectivity index is 2.27. The zero-order chi connectivity index (χ0) is 10.0. The normalized spacial score (nSPS) is 11.4. The van der Waals surface area contributed by atoms with Crippen LogP contribution in [0.3, 0.4) is 0 Å². The fourth-order valence-electron chi connectivity index (χ4n) is 0.779. The Labute approximate surface area is 83.3 Å². The first-order valence-corrected chi connectivity index (χ1v) is 5.83. The summed E-state index contributed by atoms with van der Waals surface area (Å²) in [7, 11) is -3.65. The molecule has 0 unspecified atom stereocenters. The summed E-state index contributed by atoms with van der Waals surface area (Å²) in [5, 5.41) is 7.11. The molecule has 14 heavy (non-hydrogen) atoms. The molecule has 0 atom stereocenters. The minimum absolute atomic E-state index is 0.146. The van der Waals surface area contributed by atoms with Crippen molar-refractivity contribution in [1.82, 2.24) is 20.2 Å². The molecule has 0 aliphatic heterocycles. The lowest BCUT2D eigenvalue weighted by Crippen LogP contribution is -2.14. The van der Waals surface area contributed by atoms with Gasteiger partial charge in [0.05, 0.1) is 0 Å². The standard InChI is InChI=1S/C5H5N5O2S2/c11-14(12,5-6-1-2-7-5)10-4-9-8-3-13-4/h1-3H,(H,6,7)(H,9,10). The molecule has 2 heterocycles. The Hall–Kier alpha value is -1.48. The van der Waals surface area contributed by atoms with Gasteiger partial charge in [0, 0.05) is 12.4 Å². The van der Waals surface area contributed by atoms with Gasteiger partial charge in [0.1, 0.15) is 5.51 Å². The van der Waals surface area contributed by atoms with Gasteiger partial charge in [0.15, 0.2) is 0 Å². The Morgan fingerprint density at radius 1 is 1.50 bits per heavy atom. The largest absolute Gasteiger partial charge is 0.334 e. The van der Waals surface area contributed by atoms with Gasteiger partial charge in [-0.15, -0.1) is 10.2 Å². The van der Waals surface area contributed by atoms with Gasteiger partial charge in [-0.25, -0.2) is 4.98 Å². The van der Waals surface area contributed by atoms with Crippen molar-refractivity contribution >= 4 is 26.5 Å². The van der Waals surface area contributed by atoms with Crippen molar-refractivity contribution in [2.24, 2.45) is 0 Å². The van der Waals surface area contributed by atoms with Gasteiger partial charge in [0.25, 0.3) is 10.0 Å². The van der Waals surface area contributed by atoms with Crippen LogP contribution in [0, 0.1) is 0 Å².